The molecule has 2 fully saturated rings. The molecule has 2 atom stereocenters. The first kappa shape index (κ1) is 39.5. The predicted octanol–water partition coefficient (Wildman–Crippen LogP) is 8.03. The van der Waals surface area contributed by atoms with Gasteiger partial charge in [0.05, 0.1) is 28.1 Å². The third-order valence-electron chi connectivity index (χ3n) is 10.4. The van der Waals surface area contributed by atoms with Crippen LogP contribution in [0.2, 0.25) is 0 Å². The molecular weight excluding hydrogens is 770 g/mol. The lowest BCUT2D eigenvalue weighted by atomic mass is 9.82. The Morgan fingerprint density at radius 2 is 1.74 bits per heavy atom. The molecule has 288 valence electrons. The lowest BCUT2D eigenvalue weighted by Crippen LogP contribution is -2.62. The third kappa shape index (κ3) is 9.52. The average molecular weight is 815 g/mol. The smallest absolute Gasteiger partial charge is 0.416 e. The van der Waals surface area contributed by atoms with E-state index in [0.29, 0.717) is 53.8 Å². The number of aliphatic carboxylic acids is 1. The van der Waals surface area contributed by atoms with Gasteiger partial charge in [-0.3, -0.25) is 14.4 Å². The Bertz CT molecular complexity index is 1910. The van der Waals surface area contributed by atoms with Crippen LogP contribution < -0.4 is 10.1 Å². The fraction of sp³-hybridized carbons (Fsp3) is 0.439. The molecule has 1 saturated heterocycles. The highest BCUT2D eigenvalue weighted by molar-refractivity contribution is 9.10. The van der Waals surface area contributed by atoms with E-state index in [1.54, 1.807) is 35.8 Å². The van der Waals surface area contributed by atoms with E-state index in [1.165, 1.54) is 18.2 Å². The Kier molecular flexibility index (Phi) is 11.9. The van der Waals surface area contributed by atoms with E-state index in [4.69, 9.17) is 4.74 Å². The molecule has 2 amide bonds. The Hall–Kier alpha value is -4.23. The van der Waals surface area contributed by atoms with E-state index in [2.05, 4.69) is 21.2 Å². The van der Waals surface area contributed by atoms with Gasteiger partial charge in [-0.15, -0.1) is 0 Å². The van der Waals surface area contributed by atoms with E-state index in [9.17, 15) is 37.1 Å². The van der Waals surface area contributed by atoms with Gasteiger partial charge in [0.2, 0.25) is 5.91 Å². The van der Waals surface area contributed by atoms with Gasteiger partial charge in [0.1, 0.15) is 11.6 Å². The number of nitrogens with zero attached hydrogens (tertiary/aromatic N) is 2. The summed E-state index contributed by atoms with van der Waals surface area (Å²) in [5.41, 5.74) is 1.79. The van der Waals surface area contributed by atoms with Gasteiger partial charge in [-0.05, 0) is 115 Å². The van der Waals surface area contributed by atoms with E-state index in [-0.39, 0.29) is 55.6 Å². The van der Waals surface area contributed by atoms with Crippen LogP contribution in [0, 0.1) is 11.2 Å². The SMILES string of the molecule is CC(C)(CCC(=O)N1C[C@H]2CC(c3ccc(CCCOc4cc(F)ccc4Br)cc3)=C(C(=O)N(Cc3cccc(C(F)(F)F)c3)C3CC3)[C@@H](C1)N2)C(=O)O. The molecule has 2 heterocycles. The number of carbonyl (C=O) groups excluding carboxylic acids is 2. The molecular formula is C41H44BrF4N3O5. The highest BCUT2D eigenvalue weighted by atomic mass is 79.9. The first-order valence-electron chi connectivity index (χ1n) is 18.2. The number of ether oxygens (including phenoxy) is 1. The van der Waals surface area contributed by atoms with Crippen molar-refractivity contribution < 1.29 is 41.8 Å². The van der Waals surface area contributed by atoms with Gasteiger partial charge in [-0.25, -0.2) is 4.39 Å². The highest BCUT2D eigenvalue weighted by Gasteiger charge is 2.44. The molecule has 2 aliphatic heterocycles. The van der Waals surface area contributed by atoms with Crippen molar-refractivity contribution in [3.05, 3.63) is 105 Å². The van der Waals surface area contributed by atoms with Crippen LogP contribution in [-0.2, 0) is 33.5 Å². The third-order valence-corrected chi connectivity index (χ3v) is 11.1. The van der Waals surface area contributed by atoms with E-state index in [1.807, 2.05) is 24.3 Å². The molecule has 0 unspecified atom stereocenters. The standard InChI is InChI=1S/C41H44BrF4N3O5/c1-40(2,39(52)53)17-16-36(50)48-23-30-21-32(27-10-8-25(9-11-27)6-4-18-54-35-20-29(43)12-15-33(35)42)37(34(24-48)47-30)38(51)49(31-13-14-31)22-26-5-3-7-28(19-26)41(44,45)46/h3,5,7-12,15,19-20,30-31,34,47H,4,6,13-14,16-18,21-24H2,1-2H3,(H,52,53)/t30-,34-/m1/s1. The monoisotopic (exact) mass is 813 g/mol. The first-order valence-corrected chi connectivity index (χ1v) is 19.0. The Labute approximate surface area is 320 Å². The maximum Gasteiger partial charge on any atom is 0.416 e. The first-order chi connectivity index (χ1) is 25.6. The molecule has 3 aliphatic rings. The number of aryl methyl sites for hydroxylation is 1. The molecule has 3 aromatic carbocycles. The van der Waals surface area contributed by atoms with Crippen molar-refractivity contribution in [1.82, 2.24) is 15.1 Å². The van der Waals surface area contributed by atoms with E-state index >= 15 is 0 Å². The van der Waals surface area contributed by atoms with Crippen LogP contribution in [0.5, 0.6) is 5.75 Å². The van der Waals surface area contributed by atoms with Crippen molar-refractivity contribution >= 4 is 39.3 Å². The summed E-state index contributed by atoms with van der Waals surface area (Å²) in [5, 5.41) is 13.1. The number of fused-ring (bicyclic) bond motifs is 2. The van der Waals surface area contributed by atoms with Crippen molar-refractivity contribution in [1.29, 1.82) is 0 Å². The number of carbonyl (C=O) groups is 3. The summed E-state index contributed by atoms with van der Waals surface area (Å²) in [4.78, 5) is 43.3. The number of alkyl halides is 3. The normalized spacial score (nSPS) is 18.8. The van der Waals surface area contributed by atoms with Crippen molar-refractivity contribution in [2.45, 2.75) is 89.6 Å². The zero-order chi connectivity index (χ0) is 38.8. The minimum atomic E-state index is -4.52. The number of nitrogens with one attached hydrogen (secondary N) is 1. The Morgan fingerprint density at radius 1 is 1.00 bits per heavy atom. The van der Waals surface area contributed by atoms with E-state index < -0.39 is 29.2 Å². The van der Waals surface area contributed by atoms with Crippen LogP contribution in [0.25, 0.3) is 5.57 Å². The van der Waals surface area contributed by atoms with Gasteiger partial charge >= 0.3 is 12.1 Å². The quantitative estimate of drug-likeness (QED) is 0.126. The number of benzene rings is 3. The van der Waals surface area contributed by atoms with Crippen LogP contribution in [0.15, 0.2) is 76.8 Å². The summed E-state index contributed by atoms with van der Waals surface area (Å²) < 4.78 is 60.9. The zero-order valence-electron chi connectivity index (χ0n) is 30.2. The van der Waals surface area contributed by atoms with Crippen LogP contribution >= 0.6 is 15.9 Å². The predicted molar refractivity (Wildman–Crippen MR) is 199 cm³/mol. The summed E-state index contributed by atoms with van der Waals surface area (Å²) in [7, 11) is 0. The van der Waals surface area contributed by atoms with Gasteiger partial charge < -0.3 is 25.0 Å². The number of amides is 2. The number of halogens is 5. The number of carboxylic acids is 1. The molecule has 8 nitrogen and oxygen atoms in total. The Morgan fingerprint density at radius 3 is 2.43 bits per heavy atom. The molecule has 1 aliphatic carbocycles. The van der Waals surface area contributed by atoms with Gasteiger partial charge in [0.15, 0.2) is 0 Å². The molecule has 0 spiro atoms. The molecule has 0 aromatic heterocycles. The molecule has 0 radical (unpaired) electrons. The summed E-state index contributed by atoms with van der Waals surface area (Å²) in [5.74, 6) is -1.38. The highest BCUT2D eigenvalue weighted by Crippen LogP contribution is 2.38. The second kappa shape index (κ2) is 16.2. The number of carboxylic acid groups (broad SMARTS) is 1. The van der Waals surface area contributed by atoms with E-state index in [0.717, 1.165) is 41.7 Å². The van der Waals surface area contributed by atoms with Crippen LogP contribution in [-0.4, -0.2) is 70.5 Å². The lowest BCUT2D eigenvalue weighted by Gasteiger charge is -2.45. The van der Waals surface area contributed by atoms with Crippen molar-refractivity contribution in [2.75, 3.05) is 19.7 Å². The minimum absolute atomic E-state index is 0.0144. The number of hydrogen-bond acceptors (Lipinski definition) is 5. The summed E-state index contributed by atoms with van der Waals surface area (Å²) in [6, 6.07) is 16.5. The molecule has 2 bridgehead atoms. The van der Waals surface area contributed by atoms with Crippen LogP contribution in [0.1, 0.15) is 74.6 Å². The zero-order valence-corrected chi connectivity index (χ0v) is 31.8. The molecule has 1 saturated carbocycles. The lowest BCUT2D eigenvalue weighted by molar-refractivity contribution is -0.148. The summed E-state index contributed by atoms with van der Waals surface area (Å²) in [6.45, 7) is 4.17. The summed E-state index contributed by atoms with van der Waals surface area (Å²) in [6.07, 6.45) is -0.985. The fourth-order valence-electron chi connectivity index (χ4n) is 7.12. The number of rotatable bonds is 14. The maximum absolute atomic E-state index is 14.8. The van der Waals surface area contributed by atoms with Crippen LogP contribution in [0.3, 0.4) is 0 Å². The van der Waals surface area contributed by atoms with Gasteiger partial charge in [-0.2, -0.15) is 13.2 Å². The van der Waals surface area contributed by atoms with Gasteiger partial charge in [0, 0.05) is 49.8 Å². The van der Waals surface area contributed by atoms with Crippen molar-refractivity contribution in [2.24, 2.45) is 5.41 Å². The molecule has 54 heavy (non-hydrogen) atoms. The maximum atomic E-state index is 14.8. The van der Waals surface area contributed by atoms with Gasteiger partial charge in [-0.1, -0.05) is 36.4 Å². The second-order valence-electron chi connectivity index (χ2n) is 15.1. The topological polar surface area (TPSA) is 99.2 Å². The van der Waals surface area contributed by atoms with Crippen LogP contribution in [0.4, 0.5) is 17.6 Å². The van der Waals surface area contributed by atoms with Crippen molar-refractivity contribution in [3.8, 4) is 5.75 Å². The molecule has 13 heteroatoms. The largest absolute Gasteiger partial charge is 0.492 e. The van der Waals surface area contributed by atoms with Crippen molar-refractivity contribution in [3.63, 3.8) is 0 Å². The summed E-state index contributed by atoms with van der Waals surface area (Å²) >= 11 is 3.37. The molecule has 6 rings (SSSR count). The fourth-order valence-corrected chi connectivity index (χ4v) is 7.49. The number of hydrogen-bond donors (Lipinski definition) is 2. The minimum Gasteiger partial charge on any atom is -0.492 e. The Balaban J connectivity index is 1.25. The van der Waals surface area contributed by atoms with Gasteiger partial charge in [0.25, 0.3) is 5.91 Å². The number of piperazine rings is 1. The second-order valence-corrected chi connectivity index (χ2v) is 15.9. The molecule has 3 aromatic rings. The average Bonchev–Trinajstić information content (AvgIpc) is 3.98. The molecule has 2 N–H and O–H groups in total.